The molecule has 2 N–H and O–H groups in total. The van der Waals surface area contributed by atoms with E-state index in [-0.39, 0.29) is 0 Å². The number of nitrogens with zero attached hydrogens (tertiary/aromatic N) is 5. The molecule has 0 saturated carbocycles. The van der Waals surface area contributed by atoms with Gasteiger partial charge in [0.15, 0.2) is 5.82 Å². The summed E-state index contributed by atoms with van der Waals surface area (Å²) in [6.45, 7) is 9.11. The van der Waals surface area contributed by atoms with Crippen molar-refractivity contribution in [3.05, 3.63) is 52.8 Å². The smallest absolute Gasteiger partial charge is 0.246 e. The number of hydrogen-bond acceptors (Lipinski definition) is 8. The number of fused-ring (bicyclic) bond motifs is 1. The SMILES string of the molecule is Cc1cccc(/C=N/Nc2nc(N3CCOCC3)c3sc(-c4c(C)n[nH]c4C)cc3n2)c1. The molecule has 1 aliphatic rings. The first-order valence-electron chi connectivity index (χ1n) is 10.6. The lowest BCUT2D eigenvalue weighted by molar-refractivity contribution is 0.122. The highest BCUT2D eigenvalue weighted by atomic mass is 32.1. The Labute approximate surface area is 190 Å². The molecular weight excluding hydrogens is 422 g/mol. The molecule has 0 atom stereocenters. The number of ether oxygens (including phenoxy) is 1. The van der Waals surface area contributed by atoms with Gasteiger partial charge in [-0.3, -0.25) is 5.10 Å². The van der Waals surface area contributed by atoms with Crippen LogP contribution < -0.4 is 10.3 Å². The Morgan fingerprint density at radius 3 is 2.75 bits per heavy atom. The van der Waals surface area contributed by atoms with E-state index in [1.54, 1.807) is 17.6 Å². The number of aromatic amines is 1. The molecule has 1 saturated heterocycles. The number of nitrogens with one attached hydrogen (secondary N) is 2. The van der Waals surface area contributed by atoms with Crippen LogP contribution >= 0.6 is 11.3 Å². The van der Waals surface area contributed by atoms with Gasteiger partial charge in [0.05, 0.1) is 35.3 Å². The zero-order chi connectivity index (χ0) is 22.1. The third kappa shape index (κ3) is 4.09. The fourth-order valence-electron chi connectivity index (χ4n) is 3.91. The van der Waals surface area contributed by atoms with Crippen molar-refractivity contribution >= 4 is 39.5 Å². The number of morpholine rings is 1. The van der Waals surface area contributed by atoms with Gasteiger partial charge in [-0.15, -0.1) is 11.3 Å². The van der Waals surface area contributed by atoms with Crippen molar-refractivity contribution in [3.63, 3.8) is 0 Å². The maximum absolute atomic E-state index is 5.55. The lowest BCUT2D eigenvalue weighted by Crippen LogP contribution is -2.36. The van der Waals surface area contributed by atoms with Gasteiger partial charge in [0.1, 0.15) is 0 Å². The minimum Gasteiger partial charge on any atom is -0.378 e. The highest BCUT2D eigenvalue weighted by molar-refractivity contribution is 7.22. The van der Waals surface area contributed by atoms with Gasteiger partial charge in [-0.1, -0.05) is 29.8 Å². The molecule has 5 rings (SSSR count). The number of anilines is 2. The van der Waals surface area contributed by atoms with Crippen LogP contribution in [0.15, 0.2) is 35.4 Å². The number of rotatable bonds is 5. The van der Waals surface area contributed by atoms with Crippen molar-refractivity contribution in [2.45, 2.75) is 20.8 Å². The first-order chi connectivity index (χ1) is 15.6. The fourth-order valence-corrected chi connectivity index (χ4v) is 5.17. The number of aryl methyl sites for hydroxylation is 3. The lowest BCUT2D eigenvalue weighted by Gasteiger charge is -2.28. The molecule has 1 aliphatic heterocycles. The van der Waals surface area contributed by atoms with E-state index in [0.29, 0.717) is 19.2 Å². The molecule has 0 radical (unpaired) electrons. The summed E-state index contributed by atoms with van der Waals surface area (Å²) in [7, 11) is 0. The van der Waals surface area contributed by atoms with Gasteiger partial charge in [-0.25, -0.2) is 10.4 Å². The summed E-state index contributed by atoms with van der Waals surface area (Å²) in [6.07, 6.45) is 1.78. The zero-order valence-corrected chi connectivity index (χ0v) is 19.2. The Bertz CT molecular complexity index is 1270. The van der Waals surface area contributed by atoms with E-state index >= 15 is 0 Å². The molecule has 0 bridgehead atoms. The predicted molar refractivity (Wildman–Crippen MR) is 130 cm³/mol. The van der Waals surface area contributed by atoms with Gasteiger partial charge in [-0.2, -0.15) is 15.2 Å². The van der Waals surface area contributed by atoms with Crippen LogP contribution in [0.5, 0.6) is 0 Å². The topological polar surface area (TPSA) is 91.3 Å². The molecule has 32 heavy (non-hydrogen) atoms. The van der Waals surface area contributed by atoms with E-state index in [1.165, 1.54) is 5.56 Å². The summed E-state index contributed by atoms with van der Waals surface area (Å²) >= 11 is 1.70. The highest BCUT2D eigenvalue weighted by Crippen LogP contribution is 2.39. The third-order valence-electron chi connectivity index (χ3n) is 5.46. The molecule has 0 spiro atoms. The molecule has 8 nitrogen and oxygen atoms in total. The first kappa shape index (κ1) is 20.6. The molecule has 0 aliphatic carbocycles. The average molecular weight is 448 g/mol. The van der Waals surface area contributed by atoms with E-state index in [2.05, 4.69) is 50.7 Å². The molecular formula is C23H25N7OS. The second kappa shape index (κ2) is 8.68. The number of hydrazone groups is 1. The Morgan fingerprint density at radius 1 is 1.16 bits per heavy atom. The number of aromatic nitrogens is 4. The number of benzene rings is 1. The van der Waals surface area contributed by atoms with E-state index in [0.717, 1.165) is 56.5 Å². The molecule has 0 amide bonds. The van der Waals surface area contributed by atoms with Crippen LogP contribution in [0, 0.1) is 20.8 Å². The molecule has 3 aromatic heterocycles. The third-order valence-corrected chi connectivity index (χ3v) is 6.60. The molecule has 4 aromatic rings. The van der Waals surface area contributed by atoms with Gasteiger partial charge in [0.2, 0.25) is 5.95 Å². The van der Waals surface area contributed by atoms with E-state index in [1.807, 2.05) is 26.0 Å². The molecule has 0 unspecified atom stereocenters. The molecule has 164 valence electrons. The van der Waals surface area contributed by atoms with E-state index < -0.39 is 0 Å². The maximum atomic E-state index is 5.55. The summed E-state index contributed by atoms with van der Waals surface area (Å²) in [4.78, 5) is 13.0. The van der Waals surface area contributed by atoms with Crippen molar-refractivity contribution in [1.82, 2.24) is 20.2 Å². The van der Waals surface area contributed by atoms with Crippen LogP contribution in [0.2, 0.25) is 0 Å². The lowest BCUT2D eigenvalue weighted by atomic mass is 10.1. The second-order valence-corrected chi connectivity index (χ2v) is 8.94. The minimum absolute atomic E-state index is 0.480. The monoisotopic (exact) mass is 447 g/mol. The Hall–Kier alpha value is -3.30. The summed E-state index contributed by atoms with van der Waals surface area (Å²) in [5, 5.41) is 11.8. The summed E-state index contributed by atoms with van der Waals surface area (Å²) in [5.74, 6) is 1.40. The molecule has 1 aromatic carbocycles. The minimum atomic E-state index is 0.480. The normalized spacial score (nSPS) is 14.5. The standard InChI is InChI=1S/C23H25N7OS/c1-14-5-4-6-17(11-14)13-24-29-23-25-18-12-19(20-15(2)27-28-16(20)3)32-21(18)22(26-23)30-7-9-31-10-8-30/h4-6,11-13H,7-10H2,1-3H3,(H,27,28)(H,25,26,29)/b24-13+. The van der Waals surface area contributed by atoms with Gasteiger partial charge >= 0.3 is 0 Å². The highest BCUT2D eigenvalue weighted by Gasteiger charge is 2.21. The predicted octanol–water partition coefficient (Wildman–Crippen LogP) is 4.29. The van der Waals surface area contributed by atoms with E-state index in [9.17, 15) is 0 Å². The number of thiophene rings is 1. The fraction of sp³-hybridized carbons (Fsp3) is 0.304. The first-order valence-corrected chi connectivity index (χ1v) is 11.4. The van der Waals surface area contributed by atoms with Gasteiger partial charge < -0.3 is 9.64 Å². The van der Waals surface area contributed by atoms with Crippen LogP contribution in [-0.4, -0.2) is 52.7 Å². The van der Waals surface area contributed by atoms with Crippen LogP contribution in [-0.2, 0) is 4.74 Å². The average Bonchev–Trinajstić information content (AvgIpc) is 3.36. The van der Waals surface area contributed by atoms with Gasteiger partial charge in [0, 0.05) is 29.2 Å². The molecule has 9 heteroatoms. The quantitative estimate of drug-likeness (QED) is 0.350. The second-order valence-electron chi connectivity index (χ2n) is 7.89. The van der Waals surface area contributed by atoms with Gasteiger partial charge in [-0.05, 0) is 32.4 Å². The Morgan fingerprint density at radius 2 is 2.00 bits per heavy atom. The van der Waals surface area contributed by atoms with Crippen molar-refractivity contribution in [2.75, 3.05) is 36.6 Å². The largest absolute Gasteiger partial charge is 0.378 e. The van der Waals surface area contributed by atoms with Crippen molar-refractivity contribution in [2.24, 2.45) is 5.10 Å². The summed E-state index contributed by atoms with van der Waals surface area (Å²) < 4.78 is 6.61. The van der Waals surface area contributed by atoms with Crippen LogP contribution in [0.25, 0.3) is 20.7 Å². The van der Waals surface area contributed by atoms with Crippen molar-refractivity contribution in [1.29, 1.82) is 0 Å². The maximum Gasteiger partial charge on any atom is 0.246 e. The number of hydrogen-bond donors (Lipinski definition) is 2. The Balaban J connectivity index is 1.53. The van der Waals surface area contributed by atoms with Gasteiger partial charge in [0.25, 0.3) is 0 Å². The zero-order valence-electron chi connectivity index (χ0n) is 18.3. The van der Waals surface area contributed by atoms with Crippen LogP contribution in [0.1, 0.15) is 22.5 Å². The van der Waals surface area contributed by atoms with Crippen molar-refractivity contribution in [3.8, 4) is 10.4 Å². The van der Waals surface area contributed by atoms with Crippen LogP contribution in [0.4, 0.5) is 11.8 Å². The summed E-state index contributed by atoms with van der Waals surface area (Å²) in [5.41, 5.74) is 9.31. The van der Waals surface area contributed by atoms with Crippen molar-refractivity contribution < 1.29 is 4.74 Å². The molecule has 1 fully saturated rings. The van der Waals surface area contributed by atoms with Crippen LogP contribution in [0.3, 0.4) is 0 Å². The number of H-pyrrole nitrogens is 1. The van der Waals surface area contributed by atoms with E-state index in [4.69, 9.17) is 14.7 Å². The summed E-state index contributed by atoms with van der Waals surface area (Å²) in [6, 6.07) is 10.3. The Kier molecular flexibility index (Phi) is 5.59. The molecule has 4 heterocycles.